The van der Waals surface area contributed by atoms with E-state index in [1.54, 1.807) is 19.2 Å². The number of carbonyl (C=O) groups is 1. The minimum absolute atomic E-state index is 0.00306. The van der Waals surface area contributed by atoms with E-state index in [-0.39, 0.29) is 21.9 Å². The quantitative estimate of drug-likeness (QED) is 0.418. The summed E-state index contributed by atoms with van der Waals surface area (Å²) in [6.45, 7) is 2.05. The average Bonchev–Trinajstić information content (AvgIpc) is 3.21. The van der Waals surface area contributed by atoms with E-state index in [1.165, 1.54) is 12.4 Å². The lowest BCUT2D eigenvalue weighted by molar-refractivity contribution is 0.102. The molecule has 4 rings (SSSR count). The lowest BCUT2D eigenvalue weighted by Crippen LogP contribution is -2.13. The van der Waals surface area contributed by atoms with Gasteiger partial charge in [-0.05, 0) is 17.7 Å². The molecule has 0 aliphatic carbocycles. The van der Waals surface area contributed by atoms with E-state index in [9.17, 15) is 4.79 Å². The predicted molar refractivity (Wildman–Crippen MR) is 119 cm³/mol. The number of benzene rings is 2. The Hall–Kier alpha value is -3.09. The van der Waals surface area contributed by atoms with E-state index in [4.69, 9.17) is 32.9 Å². The second-order valence-corrected chi connectivity index (χ2v) is 7.54. The van der Waals surface area contributed by atoms with Crippen LogP contribution in [-0.2, 0) is 0 Å². The first-order valence-electron chi connectivity index (χ1n) is 9.21. The molecule has 8 heteroatoms. The SMILES string of the molecule is COc1ccc(C(=O)Nc2c(Cl)cncc2Cl)c2[nH]c([C@H](C)c3ccccc3)nc12. The molecule has 0 spiro atoms. The van der Waals surface area contributed by atoms with Gasteiger partial charge in [-0.25, -0.2) is 4.98 Å². The van der Waals surface area contributed by atoms with E-state index in [0.717, 1.165) is 11.4 Å². The minimum Gasteiger partial charge on any atom is -0.494 e. The van der Waals surface area contributed by atoms with Crippen LogP contribution in [0.4, 0.5) is 5.69 Å². The Labute approximate surface area is 183 Å². The van der Waals surface area contributed by atoms with Gasteiger partial charge in [0.2, 0.25) is 0 Å². The number of nitrogens with one attached hydrogen (secondary N) is 2. The number of imidazole rings is 1. The topological polar surface area (TPSA) is 79.9 Å². The Morgan fingerprint density at radius 3 is 2.47 bits per heavy atom. The number of hydrogen-bond donors (Lipinski definition) is 2. The molecule has 4 aromatic rings. The monoisotopic (exact) mass is 440 g/mol. The van der Waals surface area contributed by atoms with Crippen molar-refractivity contribution in [2.75, 3.05) is 12.4 Å². The highest BCUT2D eigenvalue weighted by Crippen LogP contribution is 2.33. The molecule has 1 amide bonds. The molecule has 0 aliphatic heterocycles. The van der Waals surface area contributed by atoms with Crippen molar-refractivity contribution < 1.29 is 9.53 Å². The van der Waals surface area contributed by atoms with Crippen LogP contribution in [0.3, 0.4) is 0 Å². The molecule has 30 heavy (non-hydrogen) atoms. The summed E-state index contributed by atoms with van der Waals surface area (Å²) in [4.78, 5) is 25.0. The van der Waals surface area contributed by atoms with Crippen molar-refractivity contribution in [2.24, 2.45) is 0 Å². The molecule has 152 valence electrons. The number of rotatable bonds is 5. The zero-order chi connectivity index (χ0) is 21.3. The zero-order valence-corrected chi connectivity index (χ0v) is 17.8. The molecule has 0 unspecified atom stereocenters. The number of aromatic nitrogens is 3. The maximum Gasteiger partial charge on any atom is 0.257 e. The third kappa shape index (κ3) is 3.72. The molecule has 0 aliphatic rings. The number of H-pyrrole nitrogens is 1. The van der Waals surface area contributed by atoms with Crippen LogP contribution in [0.15, 0.2) is 54.9 Å². The maximum absolute atomic E-state index is 13.0. The van der Waals surface area contributed by atoms with Crippen molar-refractivity contribution in [1.82, 2.24) is 15.0 Å². The largest absolute Gasteiger partial charge is 0.494 e. The number of nitrogens with zero attached hydrogens (tertiary/aromatic N) is 2. The first-order chi connectivity index (χ1) is 14.5. The average molecular weight is 441 g/mol. The highest BCUT2D eigenvalue weighted by molar-refractivity contribution is 6.39. The standard InChI is InChI=1S/C22H18Cl2N4O2/c1-12(13-6-4-3-5-7-13)21-26-18-14(8-9-17(30-2)20(18)27-21)22(29)28-19-15(23)10-25-11-16(19)24/h3-12H,1-2H3,(H,26,27)(H,25,28,29)/t12-/m1/s1. The van der Waals surface area contributed by atoms with E-state index in [1.807, 2.05) is 30.3 Å². The first kappa shape index (κ1) is 20.2. The maximum atomic E-state index is 13.0. The summed E-state index contributed by atoms with van der Waals surface area (Å²) in [6.07, 6.45) is 2.84. The number of ether oxygens (including phenoxy) is 1. The molecule has 2 aromatic carbocycles. The molecule has 0 fully saturated rings. The van der Waals surface area contributed by atoms with Crippen molar-refractivity contribution in [1.29, 1.82) is 0 Å². The van der Waals surface area contributed by atoms with E-state index >= 15 is 0 Å². The van der Waals surface area contributed by atoms with Gasteiger partial charge in [-0.1, -0.05) is 60.5 Å². The smallest absolute Gasteiger partial charge is 0.257 e. The number of pyridine rings is 1. The van der Waals surface area contributed by atoms with Crippen molar-refractivity contribution in [3.8, 4) is 5.75 Å². The van der Waals surface area contributed by atoms with Crippen LogP contribution in [0.25, 0.3) is 11.0 Å². The summed E-state index contributed by atoms with van der Waals surface area (Å²) in [7, 11) is 1.57. The lowest BCUT2D eigenvalue weighted by Gasteiger charge is -2.10. The highest BCUT2D eigenvalue weighted by Gasteiger charge is 2.21. The van der Waals surface area contributed by atoms with Crippen LogP contribution in [-0.4, -0.2) is 28.0 Å². The Kier molecular flexibility index (Phi) is 5.61. The Bertz CT molecular complexity index is 1200. The van der Waals surface area contributed by atoms with Gasteiger partial charge in [-0.3, -0.25) is 9.78 Å². The molecular formula is C22H18Cl2N4O2. The lowest BCUT2D eigenvalue weighted by atomic mass is 10.0. The first-order valence-corrected chi connectivity index (χ1v) is 9.97. The number of carbonyl (C=O) groups excluding carboxylic acids is 1. The fourth-order valence-corrected chi connectivity index (χ4v) is 3.72. The summed E-state index contributed by atoms with van der Waals surface area (Å²) in [5, 5.41) is 3.27. The number of methoxy groups -OCH3 is 1. The number of fused-ring (bicyclic) bond motifs is 1. The molecule has 2 N–H and O–H groups in total. The molecule has 6 nitrogen and oxygen atoms in total. The molecule has 1 atom stereocenters. The number of amides is 1. The minimum atomic E-state index is -0.375. The number of hydrogen-bond acceptors (Lipinski definition) is 4. The molecule has 2 heterocycles. The van der Waals surface area contributed by atoms with Gasteiger partial charge in [0.25, 0.3) is 5.91 Å². The van der Waals surface area contributed by atoms with Crippen LogP contribution >= 0.6 is 23.2 Å². The fraction of sp³-hybridized carbons (Fsp3) is 0.136. The summed E-state index contributed by atoms with van der Waals surface area (Å²) in [5.74, 6) is 0.933. The number of aromatic amines is 1. The number of anilines is 1. The second-order valence-electron chi connectivity index (χ2n) is 6.73. The van der Waals surface area contributed by atoms with Crippen molar-refractivity contribution in [3.63, 3.8) is 0 Å². The number of halogens is 2. The predicted octanol–water partition coefficient (Wildman–Crippen LogP) is 5.68. The van der Waals surface area contributed by atoms with Gasteiger partial charge in [0, 0.05) is 18.3 Å². The molecular weight excluding hydrogens is 423 g/mol. The summed E-state index contributed by atoms with van der Waals surface area (Å²) in [6, 6.07) is 13.4. The van der Waals surface area contributed by atoms with Gasteiger partial charge in [0.1, 0.15) is 17.1 Å². The molecule has 0 saturated carbocycles. The molecule has 2 aromatic heterocycles. The third-order valence-corrected chi connectivity index (χ3v) is 5.47. The van der Waals surface area contributed by atoms with Crippen LogP contribution < -0.4 is 10.1 Å². The Morgan fingerprint density at radius 2 is 1.80 bits per heavy atom. The van der Waals surface area contributed by atoms with E-state index in [0.29, 0.717) is 28.0 Å². The Balaban J connectivity index is 1.77. The van der Waals surface area contributed by atoms with E-state index in [2.05, 4.69) is 22.2 Å². The van der Waals surface area contributed by atoms with Crippen molar-refractivity contribution in [2.45, 2.75) is 12.8 Å². The molecule has 0 radical (unpaired) electrons. The van der Waals surface area contributed by atoms with Gasteiger partial charge in [0.15, 0.2) is 0 Å². The van der Waals surface area contributed by atoms with E-state index < -0.39 is 0 Å². The normalized spacial score (nSPS) is 12.0. The van der Waals surface area contributed by atoms with Crippen LogP contribution in [0, 0.1) is 0 Å². The van der Waals surface area contributed by atoms with Crippen molar-refractivity contribution in [3.05, 3.63) is 81.9 Å². The van der Waals surface area contributed by atoms with Gasteiger partial charge >= 0.3 is 0 Å². The van der Waals surface area contributed by atoms with Gasteiger partial charge in [-0.2, -0.15) is 0 Å². The zero-order valence-electron chi connectivity index (χ0n) is 16.2. The summed E-state index contributed by atoms with van der Waals surface area (Å²) < 4.78 is 5.45. The summed E-state index contributed by atoms with van der Waals surface area (Å²) in [5.41, 5.74) is 2.96. The Morgan fingerprint density at radius 1 is 1.10 bits per heavy atom. The molecule has 0 bridgehead atoms. The van der Waals surface area contributed by atoms with Crippen LogP contribution in [0.5, 0.6) is 5.75 Å². The fourth-order valence-electron chi connectivity index (χ4n) is 3.26. The van der Waals surface area contributed by atoms with Crippen LogP contribution in [0.1, 0.15) is 34.6 Å². The van der Waals surface area contributed by atoms with Crippen LogP contribution in [0.2, 0.25) is 10.0 Å². The highest BCUT2D eigenvalue weighted by atomic mass is 35.5. The molecule has 0 saturated heterocycles. The van der Waals surface area contributed by atoms with Gasteiger partial charge < -0.3 is 15.0 Å². The van der Waals surface area contributed by atoms with Gasteiger partial charge in [0.05, 0.1) is 33.9 Å². The van der Waals surface area contributed by atoms with Crippen molar-refractivity contribution >= 4 is 45.8 Å². The summed E-state index contributed by atoms with van der Waals surface area (Å²) >= 11 is 12.3. The van der Waals surface area contributed by atoms with Gasteiger partial charge in [-0.15, -0.1) is 0 Å². The second kappa shape index (κ2) is 8.34. The third-order valence-electron chi connectivity index (χ3n) is 4.89.